The normalized spacial score (nSPS) is 11.1. The van der Waals surface area contributed by atoms with Crippen molar-refractivity contribution in [3.63, 3.8) is 0 Å². The maximum absolute atomic E-state index is 13.3. The lowest BCUT2D eigenvalue weighted by Crippen LogP contribution is -2.11. The van der Waals surface area contributed by atoms with Crippen LogP contribution in [0.2, 0.25) is 0 Å². The van der Waals surface area contributed by atoms with Gasteiger partial charge in [0.2, 0.25) is 0 Å². The Morgan fingerprint density at radius 3 is 2.44 bits per heavy atom. The van der Waals surface area contributed by atoms with Gasteiger partial charge in [-0.2, -0.15) is 13.2 Å². The number of carbonyl (C=O) groups excluding carboxylic acids is 1. The summed E-state index contributed by atoms with van der Waals surface area (Å²) < 4.78 is 62.0. The van der Waals surface area contributed by atoms with E-state index < -0.39 is 23.5 Å². The first-order valence-corrected chi connectivity index (χ1v) is 7.25. The predicted octanol–water partition coefficient (Wildman–Crippen LogP) is 4.77. The van der Waals surface area contributed by atoms with E-state index >= 15 is 0 Å². The highest BCUT2D eigenvalue weighted by Gasteiger charge is 2.32. The highest BCUT2D eigenvalue weighted by Crippen LogP contribution is 2.35. The van der Waals surface area contributed by atoms with Gasteiger partial charge in [-0.1, -0.05) is 0 Å². The Hall–Kier alpha value is -2.77. The average molecular weight is 357 g/mol. The molecule has 0 heterocycles. The lowest BCUT2D eigenvalue weighted by Gasteiger charge is -2.16. The third kappa shape index (κ3) is 4.40. The molecule has 0 spiro atoms. The third-order valence-electron chi connectivity index (χ3n) is 3.28. The van der Waals surface area contributed by atoms with Gasteiger partial charge in [0.05, 0.1) is 36.2 Å². The van der Waals surface area contributed by atoms with Gasteiger partial charge < -0.3 is 14.8 Å². The molecule has 4 nitrogen and oxygen atoms in total. The van der Waals surface area contributed by atoms with Crippen LogP contribution in [0.5, 0.6) is 5.75 Å². The van der Waals surface area contributed by atoms with Crippen molar-refractivity contribution in [3.05, 3.63) is 53.3 Å². The number of halogens is 4. The van der Waals surface area contributed by atoms with E-state index in [1.54, 1.807) is 6.92 Å². The van der Waals surface area contributed by atoms with Gasteiger partial charge in [0.25, 0.3) is 0 Å². The number of alkyl halides is 3. The van der Waals surface area contributed by atoms with Gasteiger partial charge in [-0.05, 0) is 37.3 Å². The first-order valence-electron chi connectivity index (χ1n) is 7.25. The number of rotatable bonds is 5. The summed E-state index contributed by atoms with van der Waals surface area (Å²) in [5, 5.41) is 2.68. The fourth-order valence-corrected chi connectivity index (χ4v) is 2.12. The Morgan fingerprint density at radius 1 is 1.12 bits per heavy atom. The second-order valence-electron chi connectivity index (χ2n) is 4.95. The van der Waals surface area contributed by atoms with Gasteiger partial charge in [-0.15, -0.1) is 0 Å². The molecule has 0 saturated carbocycles. The number of esters is 1. The zero-order valence-electron chi connectivity index (χ0n) is 13.4. The van der Waals surface area contributed by atoms with E-state index in [0.29, 0.717) is 0 Å². The number of benzene rings is 2. The zero-order valence-corrected chi connectivity index (χ0v) is 13.4. The molecule has 0 saturated heterocycles. The second-order valence-corrected chi connectivity index (χ2v) is 4.95. The molecule has 8 heteroatoms. The minimum atomic E-state index is -4.59. The summed E-state index contributed by atoms with van der Waals surface area (Å²) in [6, 6.07) is 6.08. The molecule has 0 radical (unpaired) electrons. The molecule has 134 valence electrons. The molecule has 0 amide bonds. The van der Waals surface area contributed by atoms with Crippen LogP contribution in [0.3, 0.4) is 0 Å². The van der Waals surface area contributed by atoms with E-state index in [9.17, 15) is 22.4 Å². The van der Waals surface area contributed by atoms with Crippen molar-refractivity contribution in [3.8, 4) is 5.75 Å². The van der Waals surface area contributed by atoms with E-state index in [-0.39, 0.29) is 29.3 Å². The van der Waals surface area contributed by atoms with Crippen molar-refractivity contribution in [2.75, 3.05) is 19.0 Å². The number of methoxy groups -OCH3 is 1. The van der Waals surface area contributed by atoms with E-state index in [1.807, 2.05) is 0 Å². The molecule has 2 aromatic carbocycles. The second kappa shape index (κ2) is 7.42. The van der Waals surface area contributed by atoms with Crippen molar-refractivity contribution >= 4 is 17.3 Å². The smallest absolute Gasteiger partial charge is 0.416 e. The zero-order chi connectivity index (χ0) is 18.6. The van der Waals surface area contributed by atoms with Crippen molar-refractivity contribution in [1.29, 1.82) is 0 Å². The van der Waals surface area contributed by atoms with Gasteiger partial charge >= 0.3 is 12.1 Å². The van der Waals surface area contributed by atoms with E-state index in [4.69, 9.17) is 9.47 Å². The molecule has 0 unspecified atom stereocenters. The molecule has 0 aromatic heterocycles. The quantitative estimate of drug-likeness (QED) is 0.618. The minimum Gasteiger partial charge on any atom is -0.494 e. The molecular formula is C17H15F4NO3. The third-order valence-corrected chi connectivity index (χ3v) is 3.28. The van der Waals surface area contributed by atoms with Crippen LogP contribution in [0.4, 0.5) is 28.9 Å². The number of hydrogen-bond donors (Lipinski definition) is 1. The number of nitrogens with one attached hydrogen (secondary N) is 1. The van der Waals surface area contributed by atoms with Crippen molar-refractivity contribution < 1.29 is 31.8 Å². The van der Waals surface area contributed by atoms with E-state index in [2.05, 4.69) is 5.32 Å². The van der Waals surface area contributed by atoms with Crippen LogP contribution in [0.1, 0.15) is 22.8 Å². The summed E-state index contributed by atoms with van der Waals surface area (Å²) in [5.74, 6) is -1.27. The Balaban J connectivity index is 2.51. The van der Waals surface area contributed by atoms with Gasteiger partial charge in [0.15, 0.2) is 0 Å². The van der Waals surface area contributed by atoms with Crippen LogP contribution < -0.4 is 10.1 Å². The Morgan fingerprint density at radius 2 is 1.84 bits per heavy atom. The van der Waals surface area contributed by atoms with Crippen LogP contribution in [0.15, 0.2) is 36.4 Å². The number of anilines is 2. The van der Waals surface area contributed by atoms with Gasteiger partial charge in [0, 0.05) is 6.07 Å². The monoisotopic (exact) mass is 357 g/mol. The molecular weight excluding hydrogens is 342 g/mol. The standard InChI is InChI=1S/C17H15F4NO3/c1-3-25-16(23)12-6-4-10(17(19,20)21)8-14(12)22-13-7-5-11(18)9-15(13)24-2/h4-9,22H,3H2,1-2H3. The van der Waals surface area contributed by atoms with E-state index in [1.165, 1.54) is 13.2 Å². The Kier molecular flexibility index (Phi) is 5.51. The lowest BCUT2D eigenvalue weighted by atomic mass is 10.1. The molecule has 0 aliphatic carbocycles. The summed E-state index contributed by atoms with van der Waals surface area (Å²) >= 11 is 0. The first kappa shape index (κ1) is 18.6. The van der Waals surface area contributed by atoms with Crippen LogP contribution in [-0.2, 0) is 10.9 Å². The number of ether oxygens (including phenoxy) is 2. The fraction of sp³-hybridized carbons (Fsp3) is 0.235. The first-order chi connectivity index (χ1) is 11.8. The molecule has 0 aliphatic rings. The molecule has 0 aliphatic heterocycles. The summed E-state index contributed by atoms with van der Waals surface area (Å²) in [5.41, 5.74) is -0.947. The molecule has 25 heavy (non-hydrogen) atoms. The highest BCUT2D eigenvalue weighted by atomic mass is 19.4. The van der Waals surface area contributed by atoms with Crippen molar-refractivity contribution in [2.24, 2.45) is 0 Å². The van der Waals surface area contributed by atoms with E-state index in [0.717, 1.165) is 30.3 Å². The van der Waals surface area contributed by atoms with Gasteiger partial charge in [-0.3, -0.25) is 0 Å². The van der Waals surface area contributed by atoms with Crippen LogP contribution in [0, 0.1) is 5.82 Å². The summed E-state index contributed by atoms with van der Waals surface area (Å²) in [4.78, 5) is 12.0. The fourth-order valence-electron chi connectivity index (χ4n) is 2.12. The topological polar surface area (TPSA) is 47.6 Å². The molecule has 0 atom stereocenters. The number of hydrogen-bond acceptors (Lipinski definition) is 4. The predicted molar refractivity (Wildman–Crippen MR) is 83.6 cm³/mol. The summed E-state index contributed by atoms with van der Waals surface area (Å²) in [6.07, 6.45) is -4.59. The molecule has 2 aromatic rings. The van der Waals surface area contributed by atoms with Crippen LogP contribution in [0.25, 0.3) is 0 Å². The molecule has 1 N–H and O–H groups in total. The van der Waals surface area contributed by atoms with Gasteiger partial charge in [-0.25, -0.2) is 9.18 Å². The SMILES string of the molecule is CCOC(=O)c1ccc(C(F)(F)F)cc1Nc1ccc(F)cc1OC. The van der Waals surface area contributed by atoms with Crippen LogP contribution >= 0.6 is 0 Å². The molecule has 0 bridgehead atoms. The van der Waals surface area contributed by atoms with Gasteiger partial charge in [0.1, 0.15) is 11.6 Å². The highest BCUT2D eigenvalue weighted by molar-refractivity contribution is 5.97. The summed E-state index contributed by atoms with van der Waals surface area (Å²) in [7, 11) is 1.29. The number of carbonyl (C=O) groups is 1. The Labute approximate surface area is 141 Å². The molecule has 0 fully saturated rings. The van der Waals surface area contributed by atoms with Crippen LogP contribution in [-0.4, -0.2) is 19.7 Å². The minimum absolute atomic E-state index is 0.0686. The van der Waals surface area contributed by atoms with Crippen molar-refractivity contribution in [1.82, 2.24) is 0 Å². The lowest BCUT2D eigenvalue weighted by molar-refractivity contribution is -0.137. The largest absolute Gasteiger partial charge is 0.494 e. The maximum Gasteiger partial charge on any atom is 0.416 e. The van der Waals surface area contributed by atoms with Crippen molar-refractivity contribution in [2.45, 2.75) is 13.1 Å². The average Bonchev–Trinajstić information content (AvgIpc) is 2.55. The molecule has 2 rings (SSSR count). The Bertz CT molecular complexity index is 775. The maximum atomic E-state index is 13.3. The summed E-state index contributed by atoms with van der Waals surface area (Å²) in [6.45, 7) is 1.65.